The van der Waals surface area contributed by atoms with Gasteiger partial charge >= 0.3 is 12.3 Å². The molecule has 244 valence electrons. The number of ether oxygens (including phenoxy) is 3. The van der Waals surface area contributed by atoms with E-state index < -0.39 is 23.5 Å². The van der Waals surface area contributed by atoms with Gasteiger partial charge in [0, 0.05) is 25.7 Å². The van der Waals surface area contributed by atoms with Gasteiger partial charge in [-0.05, 0) is 60.0 Å². The molecule has 13 heteroatoms. The van der Waals surface area contributed by atoms with Gasteiger partial charge in [0.2, 0.25) is 0 Å². The average molecular weight is 668 g/mol. The van der Waals surface area contributed by atoms with E-state index in [2.05, 4.69) is 15.0 Å². The van der Waals surface area contributed by atoms with Gasteiger partial charge in [-0.25, -0.2) is 9.97 Å². The topological polar surface area (TPSA) is 72.8 Å². The van der Waals surface area contributed by atoms with Crippen molar-refractivity contribution in [2.75, 3.05) is 44.2 Å². The molecule has 8 nitrogen and oxygen atoms in total. The number of anilines is 2. The molecule has 3 aromatic carbocycles. The number of benzene rings is 3. The van der Waals surface area contributed by atoms with Crippen molar-refractivity contribution in [3.05, 3.63) is 94.0 Å². The molecule has 0 radical (unpaired) electrons. The fraction of sp³-hybridized carbons (Fsp3) is 0.265. The molecule has 0 spiro atoms. The van der Waals surface area contributed by atoms with Crippen LogP contribution in [0.1, 0.15) is 22.3 Å². The zero-order chi connectivity index (χ0) is 33.5. The number of methoxy groups -OCH3 is 2. The minimum Gasteiger partial charge on any atom is -0.497 e. The number of pyridine rings is 1. The molecule has 0 saturated heterocycles. The van der Waals surface area contributed by atoms with E-state index in [4.69, 9.17) is 25.8 Å². The largest absolute Gasteiger partial charge is 0.497 e. The van der Waals surface area contributed by atoms with Crippen molar-refractivity contribution >= 4 is 34.1 Å². The van der Waals surface area contributed by atoms with E-state index in [1.165, 1.54) is 19.1 Å². The summed E-state index contributed by atoms with van der Waals surface area (Å²) >= 11 is 6.87. The van der Waals surface area contributed by atoms with Crippen LogP contribution >= 0.6 is 11.6 Å². The smallest absolute Gasteiger partial charge is 0.418 e. The van der Waals surface area contributed by atoms with E-state index in [1.807, 2.05) is 53.4 Å². The Morgan fingerprint density at radius 2 is 1.51 bits per heavy atom. The fourth-order valence-corrected chi connectivity index (χ4v) is 5.95. The van der Waals surface area contributed by atoms with Crippen LogP contribution in [-0.2, 0) is 19.3 Å². The van der Waals surface area contributed by atoms with Crippen LogP contribution < -0.4 is 24.0 Å². The minimum absolute atomic E-state index is 0.0435. The van der Waals surface area contributed by atoms with Crippen molar-refractivity contribution < 1.29 is 31.8 Å². The van der Waals surface area contributed by atoms with E-state index >= 15 is 0 Å². The van der Waals surface area contributed by atoms with Crippen LogP contribution in [0, 0.1) is 13.0 Å². The first-order valence-corrected chi connectivity index (χ1v) is 15.0. The van der Waals surface area contributed by atoms with Crippen LogP contribution in [0.5, 0.6) is 17.2 Å². The van der Waals surface area contributed by atoms with Gasteiger partial charge in [-0.15, -0.1) is 0 Å². The van der Waals surface area contributed by atoms with Gasteiger partial charge in [0.1, 0.15) is 29.7 Å². The number of hydrogen-bond acceptors (Lipinski definition) is 8. The summed E-state index contributed by atoms with van der Waals surface area (Å²) in [6.45, 7) is 2.48. The van der Waals surface area contributed by atoms with E-state index in [0.29, 0.717) is 36.5 Å². The van der Waals surface area contributed by atoms with Crippen molar-refractivity contribution in [1.29, 1.82) is 0 Å². The Bertz CT molecular complexity index is 1890. The quantitative estimate of drug-likeness (QED) is 0.122. The van der Waals surface area contributed by atoms with Crippen LogP contribution in [-0.4, -0.2) is 49.4 Å². The summed E-state index contributed by atoms with van der Waals surface area (Å²) in [6.07, 6.45) is -5.82. The zero-order valence-electron chi connectivity index (χ0n) is 26.0. The first kappa shape index (κ1) is 32.1. The average Bonchev–Trinajstić information content (AvgIpc) is 3.21. The summed E-state index contributed by atoms with van der Waals surface area (Å²) in [5.41, 5.74) is 0.250. The fourth-order valence-electron chi connectivity index (χ4n) is 5.66. The highest BCUT2D eigenvalue weighted by atomic mass is 35.5. The van der Waals surface area contributed by atoms with E-state index in [-0.39, 0.29) is 45.7 Å². The Morgan fingerprint density at radius 3 is 2.06 bits per heavy atom. The molecule has 0 amide bonds. The summed E-state index contributed by atoms with van der Waals surface area (Å²) in [6, 6.07) is 17.5. The van der Waals surface area contributed by atoms with Crippen LogP contribution in [0.4, 0.5) is 29.2 Å². The van der Waals surface area contributed by atoms with E-state index in [9.17, 15) is 17.6 Å². The van der Waals surface area contributed by atoms with Crippen LogP contribution in [0.15, 0.2) is 60.7 Å². The van der Waals surface area contributed by atoms with Crippen LogP contribution in [0.3, 0.4) is 0 Å². The van der Waals surface area contributed by atoms with Crippen molar-refractivity contribution in [3.63, 3.8) is 0 Å². The number of alkyl halides is 3. The molecule has 47 heavy (non-hydrogen) atoms. The second-order valence-electron chi connectivity index (χ2n) is 11.1. The van der Waals surface area contributed by atoms with E-state index in [1.54, 1.807) is 26.2 Å². The van der Waals surface area contributed by atoms with Crippen molar-refractivity contribution in [3.8, 4) is 28.5 Å². The molecule has 2 aromatic heterocycles. The second kappa shape index (κ2) is 12.7. The molecule has 0 N–H and O–H groups in total. The number of hydrogen-bond donors (Lipinski definition) is 0. The highest BCUT2D eigenvalue weighted by Crippen LogP contribution is 2.48. The molecule has 1 aliphatic rings. The number of aromatic nitrogens is 3. The third kappa shape index (κ3) is 6.42. The van der Waals surface area contributed by atoms with Crippen molar-refractivity contribution in [1.82, 2.24) is 15.0 Å². The lowest BCUT2D eigenvalue weighted by atomic mass is 9.98. The Morgan fingerprint density at radius 1 is 0.915 bits per heavy atom. The number of halogens is 5. The van der Waals surface area contributed by atoms with Crippen molar-refractivity contribution in [2.24, 2.45) is 0 Å². The molecule has 0 bridgehead atoms. The Kier molecular flexibility index (Phi) is 8.71. The van der Waals surface area contributed by atoms with Gasteiger partial charge in [0.15, 0.2) is 5.75 Å². The molecule has 6 rings (SSSR count). The molecular weight excluding hydrogens is 638 g/mol. The molecule has 0 fully saturated rings. The summed E-state index contributed by atoms with van der Waals surface area (Å²) in [4.78, 5) is 16.0. The molecule has 1 aliphatic heterocycles. The Balaban J connectivity index is 1.55. The maximum Gasteiger partial charge on any atom is 0.418 e. The molecular formula is C34H30ClF4N5O3. The monoisotopic (exact) mass is 667 g/mol. The normalized spacial score (nSPS) is 12.9. The van der Waals surface area contributed by atoms with E-state index in [0.717, 1.165) is 11.1 Å². The predicted molar refractivity (Wildman–Crippen MR) is 172 cm³/mol. The standard InChI is InChI=1S/C34H30ClF4N5O3/c1-19-15-26(44(17-20-5-9-22(45-3)10-6-20)18-21-7-11-23(46-4)12-8-21)41-30(28(19)34(37,38)39)24-16-25-27-31(29(24)35)47-14-13-43(2)32(27)42-33(36)40-25/h5-12,15-16H,13-14,17-18H2,1-4H3. The lowest BCUT2D eigenvalue weighted by Crippen LogP contribution is -2.24. The third-order valence-corrected chi connectivity index (χ3v) is 8.38. The van der Waals surface area contributed by atoms with Gasteiger partial charge in [-0.2, -0.15) is 22.5 Å². The third-order valence-electron chi connectivity index (χ3n) is 8.00. The first-order valence-electron chi connectivity index (χ1n) is 14.6. The highest BCUT2D eigenvalue weighted by molar-refractivity contribution is 6.36. The molecule has 0 aliphatic carbocycles. The van der Waals surface area contributed by atoms with Crippen molar-refractivity contribution in [2.45, 2.75) is 26.2 Å². The second-order valence-corrected chi connectivity index (χ2v) is 11.5. The number of nitrogens with zero attached hydrogens (tertiary/aromatic N) is 5. The lowest BCUT2D eigenvalue weighted by Gasteiger charge is -2.27. The zero-order valence-corrected chi connectivity index (χ0v) is 26.7. The number of rotatable bonds is 8. The van der Waals surface area contributed by atoms with Gasteiger partial charge in [-0.1, -0.05) is 35.9 Å². The summed E-state index contributed by atoms with van der Waals surface area (Å²) in [5, 5.41) is 0.206. The Labute approximate surface area is 273 Å². The maximum absolute atomic E-state index is 14.8. The highest BCUT2D eigenvalue weighted by Gasteiger charge is 2.38. The Hall–Kier alpha value is -4.84. The summed E-state index contributed by atoms with van der Waals surface area (Å²) < 4.78 is 75.6. The summed E-state index contributed by atoms with van der Waals surface area (Å²) in [7, 11) is 4.84. The molecule has 0 unspecified atom stereocenters. The minimum atomic E-state index is -4.79. The number of likely N-dealkylation sites (N-methyl/N-ethyl adjacent to an activating group) is 1. The lowest BCUT2D eigenvalue weighted by molar-refractivity contribution is -0.137. The molecule has 3 heterocycles. The van der Waals surface area contributed by atoms with Gasteiger partial charge < -0.3 is 24.0 Å². The molecule has 5 aromatic rings. The SMILES string of the molecule is COc1ccc(CN(Cc2ccc(OC)cc2)c2cc(C)c(C(F)(F)F)c(-c3cc4nc(F)nc5c4c(c3Cl)OCCN5C)n2)cc1. The molecule has 0 atom stereocenters. The van der Waals surface area contributed by atoms with Gasteiger partial charge in [-0.3, -0.25) is 0 Å². The van der Waals surface area contributed by atoms with Gasteiger partial charge in [0.25, 0.3) is 0 Å². The predicted octanol–water partition coefficient (Wildman–Crippen LogP) is 7.86. The first-order chi connectivity index (χ1) is 22.5. The maximum atomic E-state index is 14.8. The van der Waals surface area contributed by atoms with Gasteiger partial charge in [0.05, 0.1) is 47.9 Å². The number of aryl methyl sites for hydroxylation is 1. The summed E-state index contributed by atoms with van der Waals surface area (Å²) in [5.74, 6) is 1.92. The molecule has 0 saturated carbocycles. The van der Waals surface area contributed by atoms with Crippen LogP contribution in [0.2, 0.25) is 5.02 Å². The van der Waals surface area contributed by atoms with Crippen LogP contribution in [0.25, 0.3) is 22.2 Å².